The van der Waals surface area contributed by atoms with Gasteiger partial charge in [-0.2, -0.15) is 0 Å². The van der Waals surface area contributed by atoms with Crippen LogP contribution in [0, 0.1) is 6.92 Å². The largest absolute Gasteiger partial charge is 0.494 e. The lowest BCUT2D eigenvalue weighted by Crippen LogP contribution is -2.02. The maximum absolute atomic E-state index is 5.78. The van der Waals surface area contributed by atoms with Crippen molar-refractivity contribution in [3.8, 4) is 17.2 Å². The van der Waals surface area contributed by atoms with Crippen molar-refractivity contribution in [1.29, 1.82) is 0 Å². The fraction of sp³-hybridized carbons (Fsp3) is 0.250. The molecule has 0 unspecified atom stereocenters. The Balaban J connectivity index is 1.30. The van der Waals surface area contributed by atoms with Crippen LogP contribution in [0.2, 0.25) is 0 Å². The van der Waals surface area contributed by atoms with Crippen molar-refractivity contribution in [2.45, 2.75) is 26.4 Å². The zero-order valence-corrected chi connectivity index (χ0v) is 15.8. The fourth-order valence-corrected chi connectivity index (χ4v) is 2.66. The molecule has 0 aromatic heterocycles. The maximum Gasteiger partial charge on any atom is 0.120 e. The molecule has 0 saturated carbocycles. The van der Waals surface area contributed by atoms with Gasteiger partial charge in [-0.1, -0.05) is 42.5 Å². The lowest BCUT2D eigenvalue weighted by atomic mass is 10.2. The normalized spacial score (nSPS) is 10.4. The van der Waals surface area contributed by atoms with Gasteiger partial charge in [0, 0.05) is 0 Å². The molecule has 3 aromatic carbocycles. The summed E-state index contributed by atoms with van der Waals surface area (Å²) in [4.78, 5) is 0. The Morgan fingerprint density at radius 1 is 0.593 bits per heavy atom. The van der Waals surface area contributed by atoms with Crippen LogP contribution in [-0.4, -0.2) is 13.2 Å². The Hall–Kier alpha value is -2.94. The number of unbranched alkanes of at least 4 members (excludes halogenated alkanes) is 1. The lowest BCUT2D eigenvalue weighted by Gasteiger charge is -2.09. The minimum absolute atomic E-state index is 0.571. The molecule has 0 radical (unpaired) electrons. The van der Waals surface area contributed by atoms with Gasteiger partial charge >= 0.3 is 0 Å². The van der Waals surface area contributed by atoms with Gasteiger partial charge in [-0.3, -0.25) is 0 Å². The molecule has 0 heterocycles. The van der Waals surface area contributed by atoms with E-state index in [-0.39, 0.29) is 0 Å². The third kappa shape index (κ3) is 6.70. The van der Waals surface area contributed by atoms with Crippen LogP contribution in [0.4, 0.5) is 0 Å². The predicted molar refractivity (Wildman–Crippen MR) is 109 cm³/mol. The van der Waals surface area contributed by atoms with Crippen molar-refractivity contribution in [2.75, 3.05) is 13.2 Å². The van der Waals surface area contributed by atoms with Gasteiger partial charge < -0.3 is 14.2 Å². The Bertz CT molecular complexity index is 797. The number of aryl methyl sites for hydroxylation is 1. The minimum atomic E-state index is 0.571. The summed E-state index contributed by atoms with van der Waals surface area (Å²) in [6.07, 6.45) is 1.92. The second kappa shape index (κ2) is 10.3. The molecular formula is C24H26O3. The lowest BCUT2D eigenvalue weighted by molar-refractivity contribution is 0.265. The van der Waals surface area contributed by atoms with E-state index >= 15 is 0 Å². The highest BCUT2D eigenvalue weighted by atomic mass is 16.5. The molecule has 0 N–H and O–H groups in total. The third-order valence-corrected chi connectivity index (χ3v) is 4.14. The molecule has 3 rings (SSSR count). The van der Waals surface area contributed by atoms with E-state index in [1.165, 1.54) is 5.56 Å². The molecule has 3 nitrogen and oxygen atoms in total. The monoisotopic (exact) mass is 362 g/mol. The number of hydrogen-bond donors (Lipinski definition) is 0. The van der Waals surface area contributed by atoms with E-state index in [1.54, 1.807) is 0 Å². The summed E-state index contributed by atoms with van der Waals surface area (Å²) in [5.41, 5.74) is 2.37. The Morgan fingerprint density at radius 2 is 1.22 bits per heavy atom. The molecule has 0 atom stereocenters. The Labute approximate surface area is 161 Å². The van der Waals surface area contributed by atoms with E-state index in [1.807, 2.05) is 54.6 Å². The van der Waals surface area contributed by atoms with E-state index in [2.05, 4.69) is 31.2 Å². The van der Waals surface area contributed by atoms with Gasteiger partial charge in [0.15, 0.2) is 0 Å². The Kier molecular flexibility index (Phi) is 7.16. The molecule has 3 heteroatoms. The molecule has 0 saturated heterocycles. The fourth-order valence-electron chi connectivity index (χ4n) is 2.66. The third-order valence-electron chi connectivity index (χ3n) is 4.14. The van der Waals surface area contributed by atoms with Gasteiger partial charge in [0.1, 0.15) is 23.9 Å². The first-order valence-corrected chi connectivity index (χ1v) is 9.39. The molecule has 0 aliphatic carbocycles. The summed E-state index contributed by atoms with van der Waals surface area (Å²) in [6, 6.07) is 26.1. The van der Waals surface area contributed by atoms with E-state index in [9.17, 15) is 0 Å². The highest BCUT2D eigenvalue weighted by Gasteiger charge is 1.99. The van der Waals surface area contributed by atoms with Crippen molar-refractivity contribution in [2.24, 2.45) is 0 Å². The van der Waals surface area contributed by atoms with Crippen LogP contribution in [0.25, 0.3) is 0 Å². The van der Waals surface area contributed by atoms with Crippen molar-refractivity contribution in [1.82, 2.24) is 0 Å². The molecular weight excluding hydrogens is 336 g/mol. The molecule has 140 valence electrons. The average molecular weight is 362 g/mol. The van der Waals surface area contributed by atoms with Crippen molar-refractivity contribution >= 4 is 0 Å². The van der Waals surface area contributed by atoms with E-state index in [0.29, 0.717) is 19.8 Å². The highest BCUT2D eigenvalue weighted by Crippen LogP contribution is 2.19. The van der Waals surface area contributed by atoms with Gasteiger partial charge in [-0.05, 0) is 67.3 Å². The smallest absolute Gasteiger partial charge is 0.120 e. The highest BCUT2D eigenvalue weighted by molar-refractivity contribution is 5.31. The van der Waals surface area contributed by atoms with E-state index in [4.69, 9.17) is 14.2 Å². The van der Waals surface area contributed by atoms with E-state index < -0.39 is 0 Å². The van der Waals surface area contributed by atoms with Crippen LogP contribution in [0.5, 0.6) is 17.2 Å². The number of rotatable bonds is 10. The van der Waals surface area contributed by atoms with Crippen molar-refractivity contribution < 1.29 is 14.2 Å². The van der Waals surface area contributed by atoms with Gasteiger partial charge in [0.05, 0.1) is 13.2 Å². The topological polar surface area (TPSA) is 27.7 Å². The van der Waals surface area contributed by atoms with Gasteiger partial charge in [-0.25, -0.2) is 0 Å². The van der Waals surface area contributed by atoms with Crippen molar-refractivity contribution in [3.05, 3.63) is 90.0 Å². The van der Waals surface area contributed by atoms with Crippen LogP contribution in [0.1, 0.15) is 24.0 Å². The Morgan fingerprint density at radius 3 is 1.89 bits per heavy atom. The number of hydrogen-bond acceptors (Lipinski definition) is 3. The first-order valence-electron chi connectivity index (χ1n) is 9.39. The first-order chi connectivity index (χ1) is 13.3. The summed E-state index contributed by atoms with van der Waals surface area (Å²) < 4.78 is 17.3. The van der Waals surface area contributed by atoms with Crippen LogP contribution in [0.15, 0.2) is 78.9 Å². The van der Waals surface area contributed by atoms with Crippen LogP contribution >= 0.6 is 0 Å². The van der Waals surface area contributed by atoms with E-state index in [0.717, 1.165) is 35.7 Å². The molecule has 0 aliphatic rings. The standard InChI is InChI=1S/C24H26O3/c1-20-8-7-11-24(18-20)26-17-6-5-16-25-22-12-14-23(15-13-22)27-19-21-9-3-2-4-10-21/h2-4,7-15,18H,5-6,16-17,19H2,1H3. The predicted octanol–water partition coefficient (Wildman–Crippen LogP) is 5.81. The minimum Gasteiger partial charge on any atom is -0.494 e. The summed E-state index contributed by atoms with van der Waals surface area (Å²) >= 11 is 0. The van der Waals surface area contributed by atoms with Crippen LogP contribution in [0.3, 0.4) is 0 Å². The number of benzene rings is 3. The molecule has 0 bridgehead atoms. The summed E-state index contributed by atoms with van der Waals surface area (Å²) in [5.74, 6) is 2.64. The average Bonchev–Trinajstić information content (AvgIpc) is 2.71. The maximum atomic E-state index is 5.78. The van der Waals surface area contributed by atoms with Gasteiger partial charge in [0.2, 0.25) is 0 Å². The summed E-state index contributed by atoms with van der Waals surface area (Å²) in [7, 11) is 0. The van der Waals surface area contributed by atoms with Crippen LogP contribution < -0.4 is 14.2 Å². The molecule has 3 aromatic rings. The van der Waals surface area contributed by atoms with Gasteiger partial charge in [0.25, 0.3) is 0 Å². The molecule has 0 spiro atoms. The summed E-state index contributed by atoms with van der Waals surface area (Å²) in [6.45, 7) is 4.03. The van der Waals surface area contributed by atoms with Crippen LogP contribution in [-0.2, 0) is 6.61 Å². The molecule has 0 amide bonds. The van der Waals surface area contributed by atoms with Crippen molar-refractivity contribution in [3.63, 3.8) is 0 Å². The molecule has 0 aliphatic heterocycles. The molecule has 27 heavy (non-hydrogen) atoms. The zero-order chi connectivity index (χ0) is 18.7. The molecule has 0 fully saturated rings. The SMILES string of the molecule is Cc1cccc(OCCCCOc2ccc(OCc3ccccc3)cc2)c1. The second-order valence-electron chi connectivity index (χ2n) is 6.47. The summed E-state index contributed by atoms with van der Waals surface area (Å²) in [5, 5.41) is 0. The number of ether oxygens (including phenoxy) is 3. The zero-order valence-electron chi connectivity index (χ0n) is 15.8. The quantitative estimate of drug-likeness (QED) is 0.426. The second-order valence-corrected chi connectivity index (χ2v) is 6.47. The van der Waals surface area contributed by atoms with Gasteiger partial charge in [-0.15, -0.1) is 0 Å². The first kappa shape index (κ1) is 18.8.